The predicted molar refractivity (Wildman–Crippen MR) is 41.8 cm³/mol. The van der Waals surface area contributed by atoms with Crippen molar-refractivity contribution >= 4 is 5.91 Å². The van der Waals surface area contributed by atoms with E-state index in [1.165, 1.54) is 0 Å². The Bertz CT molecular complexity index is 232. The molecule has 1 aliphatic heterocycles. The van der Waals surface area contributed by atoms with Crippen LogP contribution in [0.25, 0.3) is 0 Å². The van der Waals surface area contributed by atoms with Crippen LogP contribution in [0.3, 0.4) is 0 Å². The average Bonchev–Trinajstić information content (AvgIpc) is 2.16. The Kier molecular flexibility index (Phi) is 1.76. The van der Waals surface area contributed by atoms with E-state index in [4.69, 9.17) is 0 Å². The summed E-state index contributed by atoms with van der Waals surface area (Å²) in [5.74, 6) is -0.296. The fourth-order valence-corrected chi connectivity index (χ4v) is 1.27. The van der Waals surface area contributed by atoms with Crippen molar-refractivity contribution in [3.63, 3.8) is 0 Å². The summed E-state index contributed by atoms with van der Waals surface area (Å²) in [5.41, 5.74) is 0.272. The van der Waals surface area contributed by atoms with Crippen molar-refractivity contribution in [3.8, 4) is 0 Å². The molecule has 11 heavy (non-hydrogen) atoms. The molecule has 3 heteroatoms. The summed E-state index contributed by atoms with van der Waals surface area (Å²) >= 11 is 0. The number of hydrogen-bond acceptors (Lipinski definition) is 2. The van der Waals surface area contributed by atoms with Gasteiger partial charge in [0, 0.05) is 5.70 Å². The Morgan fingerprint density at radius 1 is 1.55 bits per heavy atom. The van der Waals surface area contributed by atoms with Gasteiger partial charge in [0.05, 0.1) is 0 Å². The molecule has 0 aromatic carbocycles. The van der Waals surface area contributed by atoms with E-state index in [0.717, 1.165) is 11.3 Å². The Hall–Kier alpha value is -0.830. The van der Waals surface area contributed by atoms with Gasteiger partial charge in [-0.1, -0.05) is 6.92 Å². The quantitative estimate of drug-likeness (QED) is 0.581. The molecule has 2 N–H and O–H groups in total. The fourth-order valence-electron chi connectivity index (χ4n) is 1.27. The highest BCUT2D eigenvalue weighted by molar-refractivity contribution is 5.93. The minimum Gasteiger partial charge on any atom is -0.376 e. The lowest BCUT2D eigenvalue weighted by Gasteiger charge is -2.18. The van der Waals surface area contributed by atoms with Crippen LogP contribution in [0.5, 0.6) is 0 Å². The molecule has 0 unspecified atom stereocenters. The maximum Gasteiger partial charge on any atom is 0.260 e. The fraction of sp³-hybridized carbons (Fsp3) is 0.625. The van der Waals surface area contributed by atoms with Crippen molar-refractivity contribution in [1.82, 2.24) is 5.32 Å². The Balaban J connectivity index is 3.05. The lowest BCUT2D eigenvalue weighted by Crippen LogP contribution is -2.39. The van der Waals surface area contributed by atoms with Crippen molar-refractivity contribution in [2.24, 2.45) is 0 Å². The van der Waals surface area contributed by atoms with Gasteiger partial charge in [0.15, 0.2) is 5.60 Å². The smallest absolute Gasteiger partial charge is 0.260 e. The van der Waals surface area contributed by atoms with E-state index in [-0.39, 0.29) is 5.91 Å². The number of amides is 1. The maximum atomic E-state index is 11.1. The second-order valence-corrected chi connectivity index (χ2v) is 2.92. The largest absolute Gasteiger partial charge is 0.376 e. The highest BCUT2D eigenvalue weighted by atomic mass is 16.3. The number of carbonyl (C=O) groups excluding carboxylic acids is 1. The topological polar surface area (TPSA) is 49.3 Å². The summed E-state index contributed by atoms with van der Waals surface area (Å²) in [6, 6.07) is 0. The Labute approximate surface area is 66.1 Å². The molecule has 1 atom stereocenters. The zero-order valence-corrected chi connectivity index (χ0v) is 7.06. The third kappa shape index (κ3) is 0.959. The lowest BCUT2D eigenvalue weighted by atomic mass is 9.93. The summed E-state index contributed by atoms with van der Waals surface area (Å²) in [6.45, 7) is 5.36. The van der Waals surface area contributed by atoms with E-state index in [2.05, 4.69) is 5.32 Å². The van der Waals surface area contributed by atoms with Gasteiger partial charge in [0.1, 0.15) is 0 Å². The van der Waals surface area contributed by atoms with E-state index in [9.17, 15) is 9.90 Å². The summed E-state index contributed by atoms with van der Waals surface area (Å²) in [6.07, 6.45) is 0.433. The zero-order chi connectivity index (χ0) is 8.65. The van der Waals surface area contributed by atoms with Crippen molar-refractivity contribution < 1.29 is 9.90 Å². The number of aliphatic hydroxyl groups is 1. The molecule has 0 aromatic rings. The van der Waals surface area contributed by atoms with Crippen molar-refractivity contribution in [2.75, 3.05) is 0 Å². The first-order valence-electron chi connectivity index (χ1n) is 3.74. The number of hydrogen-bond donors (Lipinski definition) is 2. The molecule has 3 nitrogen and oxygen atoms in total. The van der Waals surface area contributed by atoms with E-state index in [0.29, 0.717) is 6.42 Å². The van der Waals surface area contributed by atoms with Gasteiger partial charge in [-0.15, -0.1) is 0 Å². The van der Waals surface area contributed by atoms with Crippen molar-refractivity contribution in [1.29, 1.82) is 0 Å². The number of nitrogens with one attached hydrogen (secondary N) is 1. The van der Waals surface area contributed by atoms with Crippen LogP contribution >= 0.6 is 0 Å². The summed E-state index contributed by atoms with van der Waals surface area (Å²) in [7, 11) is 0. The van der Waals surface area contributed by atoms with Crippen molar-refractivity contribution in [3.05, 3.63) is 11.3 Å². The Morgan fingerprint density at radius 2 is 2.09 bits per heavy atom. The van der Waals surface area contributed by atoms with Crippen LogP contribution in [0, 0.1) is 0 Å². The average molecular weight is 155 g/mol. The van der Waals surface area contributed by atoms with Gasteiger partial charge in [-0.2, -0.15) is 0 Å². The number of allylic oxidation sites excluding steroid dienone is 1. The highest BCUT2D eigenvalue weighted by Gasteiger charge is 2.41. The molecule has 0 radical (unpaired) electrons. The summed E-state index contributed by atoms with van der Waals surface area (Å²) in [4.78, 5) is 11.1. The molecule has 0 bridgehead atoms. The normalized spacial score (nSPS) is 31.1. The van der Waals surface area contributed by atoms with E-state index >= 15 is 0 Å². The molecule has 0 aromatic heterocycles. The molecule has 1 amide bonds. The predicted octanol–water partition coefficient (Wildman–Crippen LogP) is 0.551. The minimum atomic E-state index is -1.25. The first-order valence-corrected chi connectivity index (χ1v) is 3.74. The van der Waals surface area contributed by atoms with Crippen LogP contribution in [0.4, 0.5) is 0 Å². The van der Waals surface area contributed by atoms with Gasteiger partial charge >= 0.3 is 0 Å². The van der Waals surface area contributed by atoms with Gasteiger partial charge in [-0.05, 0) is 25.8 Å². The summed E-state index contributed by atoms with van der Waals surface area (Å²) in [5, 5.41) is 12.3. The number of carbonyl (C=O) groups is 1. The molecule has 0 saturated carbocycles. The first kappa shape index (κ1) is 8.27. The second kappa shape index (κ2) is 2.34. The van der Waals surface area contributed by atoms with Crippen LogP contribution in [-0.4, -0.2) is 16.6 Å². The van der Waals surface area contributed by atoms with Crippen LogP contribution in [0.15, 0.2) is 11.3 Å². The van der Waals surface area contributed by atoms with Gasteiger partial charge < -0.3 is 10.4 Å². The molecule has 1 rings (SSSR count). The third-order valence-corrected chi connectivity index (χ3v) is 2.37. The molecular formula is C8H13NO2. The monoisotopic (exact) mass is 155 g/mol. The van der Waals surface area contributed by atoms with Gasteiger partial charge in [-0.3, -0.25) is 4.79 Å². The molecule has 0 saturated heterocycles. The molecule has 0 aliphatic carbocycles. The molecule has 1 aliphatic rings. The van der Waals surface area contributed by atoms with Crippen LogP contribution in [-0.2, 0) is 4.79 Å². The van der Waals surface area contributed by atoms with Crippen LogP contribution < -0.4 is 5.32 Å². The van der Waals surface area contributed by atoms with Gasteiger partial charge in [0.25, 0.3) is 5.91 Å². The van der Waals surface area contributed by atoms with E-state index in [1.54, 1.807) is 20.8 Å². The zero-order valence-electron chi connectivity index (χ0n) is 7.06. The molecule has 1 heterocycles. The minimum absolute atomic E-state index is 0.296. The van der Waals surface area contributed by atoms with Crippen molar-refractivity contribution in [2.45, 2.75) is 32.8 Å². The summed E-state index contributed by atoms with van der Waals surface area (Å²) < 4.78 is 0. The molecular weight excluding hydrogens is 142 g/mol. The lowest BCUT2D eigenvalue weighted by molar-refractivity contribution is -0.133. The standard InChI is InChI=1S/C8H13NO2/c1-4-8(11)5(2)6(3)9-7(8)10/h11H,4H2,1-3H3,(H,9,10)/t8-/m1/s1. The number of rotatable bonds is 1. The Morgan fingerprint density at radius 3 is 2.27 bits per heavy atom. The van der Waals surface area contributed by atoms with Crippen LogP contribution in [0.1, 0.15) is 27.2 Å². The SMILES string of the molecule is CC[C@]1(O)C(=O)NC(C)=C1C. The second-order valence-electron chi connectivity index (χ2n) is 2.92. The third-order valence-electron chi connectivity index (χ3n) is 2.37. The van der Waals surface area contributed by atoms with E-state index in [1.807, 2.05) is 0 Å². The van der Waals surface area contributed by atoms with Gasteiger partial charge in [0.2, 0.25) is 0 Å². The van der Waals surface area contributed by atoms with Gasteiger partial charge in [-0.25, -0.2) is 0 Å². The highest BCUT2D eigenvalue weighted by Crippen LogP contribution is 2.28. The molecule has 62 valence electrons. The first-order chi connectivity index (χ1) is 5.02. The maximum absolute atomic E-state index is 11.1. The molecule has 0 spiro atoms. The van der Waals surface area contributed by atoms with Crippen LogP contribution in [0.2, 0.25) is 0 Å². The van der Waals surface area contributed by atoms with E-state index < -0.39 is 5.60 Å². The molecule has 0 fully saturated rings.